The van der Waals surface area contributed by atoms with Crippen molar-refractivity contribution in [3.63, 3.8) is 0 Å². The number of fused-ring (bicyclic) bond motifs is 3. The van der Waals surface area contributed by atoms with Gasteiger partial charge in [-0.05, 0) is 86.9 Å². The summed E-state index contributed by atoms with van der Waals surface area (Å²) in [6.45, 7) is 3.84. The number of hydrogen-bond acceptors (Lipinski definition) is 4. The van der Waals surface area contributed by atoms with Crippen LogP contribution in [0.3, 0.4) is 0 Å². The standard InChI is InChI=1S/C20H32O5/c1-17-8-13(22)9-18(2,16(23)24)14(17)5-6-19-7-12(3-4-15(17)19)20(25,10-19)11-21/h12-15,21-22,25H,3-11H2,1-2H3,(H,23,24)/t12-,13+,14+,15+,17-,18-,19+,20+/m1/s1. The number of hydrogen-bond donors (Lipinski definition) is 4. The molecular formula is C20H32O5. The Labute approximate surface area is 149 Å². The van der Waals surface area contributed by atoms with Gasteiger partial charge in [0.2, 0.25) is 0 Å². The number of carbonyl (C=O) groups is 1. The van der Waals surface area contributed by atoms with Gasteiger partial charge in [-0.25, -0.2) is 0 Å². The minimum atomic E-state index is -0.971. The topological polar surface area (TPSA) is 98.0 Å². The molecule has 4 rings (SSSR count). The van der Waals surface area contributed by atoms with Gasteiger partial charge in [0, 0.05) is 0 Å². The highest BCUT2D eigenvalue weighted by Crippen LogP contribution is 2.72. The van der Waals surface area contributed by atoms with E-state index in [9.17, 15) is 25.2 Å². The molecule has 5 nitrogen and oxygen atoms in total. The van der Waals surface area contributed by atoms with Gasteiger partial charge in [0.25, 0.3) is 0 Å². The van der Waals surface area contributed by atoms with Crippen LogP contribution < -0.4 is 0 Å². The second-order valence-electron chi connectivity index (χ2n) is 10.2. The maximum atomic E-state index is 12.1. The Balaban J connectivity index is 1.75. The zero-order valence-electron chi connectivity index (χ0n) is 15.4. The minimum absolute atomic E-state index is 0.00210. The summed E-state index contributed by atoms with van der Waals surface area (Å²) in [6, 6.07) is 0. The van der Waals surface area contributed by atoms with E-state index in [4.69, 9.17) is 0 Å². The van der Waals surface area contributed by atoms with Crippen LogP contribution in [-0.2, 0) is 4.79 Å². The average Bonchev–Trinajstić information content (AvgIpc) is 2.73. The second kappa shape index (κ2) is 5.20. The summed E-state index contributed by atoms with van der Waals surface area (Å²) < 4.78 is 0. The maximum Gasteiger partial charge on any atom is 0.309 e. The summed E-state index contributed by atoms with van der Waals surface area (Å²) in [5, 5.41) is 41.2. The molecule has 5 heteroatoms. The molecule has 1 spiro atoms. The van der Waals surface area contributed by atoms with E-state index in [1.165, 1.54) is 0 Å². The lowest BCUT2D eigenvalue weighted by molar-refractivity contribution is -0.195. The zero-order valence-corrected chi connectivity index (χ0v) is 15.4. The van der Waals surface area contributed by atoms with Gasteiger partial charge in [-0.3, -0.25) is 4.79 Å². The van der Waals surface area contributed by atoms with Crippen LogP contribution in [0.15, 0.2) is 0 Å². The van der Waals surface area contributed by atoms with Crippen molar-refractivity contribution in [2.45, 2.75) is 76.9 Å². The molecule has 0 aromatic rings. The summed E-state index contributed by atoms with van der Waals surface area (Å²) in [6.07, 6.45) is 5.65. The molecule has 0 aromatic carbocycles. The molecule has 142 valence electrons. The highest BCUT2D eigenvalue weighted by atomic mass is 16.4. The molecule has 0 saturated heterocycles. The fourth-order valence-corrected chi connectivity index (χ4v) is 8.18. The minimum Gasteiger partial charge on any atom is -0.481 e. The van der Waals surface area contributed by atoms with Crippen molar-refractivity contribution in [3.05, 3.63) is 0 Å². The van der Waals surface area contributed by atoms with E-state index in [-0.39, 0.29) is 29.3 Å². The van der Waals surface area contributed by atoms with Crippen molar-refractivity contribution in [3.8, 4) is 0 Å². The Morgan fingerprint density at radius 2 is 1.80 bits per heavy atom. The summed E-state index contributed by atoms with van der Waals surface area (Å²) in [5.41, 5.74) is -2.06. The van der Waals surface area contributed by atoms with Gasteiger partial charge in [-0.15, -0.1) is 0 Å². The molecule has 0 heterocycles. The number of carboxylic acids is 1. The first-order valence-corrected chi connectivity index (χ1v) is 9.84. The highest BCUT2D eigenvalue weighted by molar-refractivity contribution is 5.75. The fourth-order valence-electron chi connectivity index (χ4n) is 8.18. The Hall–Kier alpha value is -0.650. The van der Waals surface area contributed by atoms with Gasteiger partial charge in [0.1, 0.15) is 0 Å². The molecule has 0 unspecified atom stereocenters. The van der Waals surface area contributed by atoms with Crippen molar-refractivity contribution < 1.29 is 25.2 Å². The number of aliphatic carboxylic acids is 1. The smallest absolute Gasteiger partial charge is 0.309 e. The summed E-state index contributed by atoms with van der Waals surface area (Å²) in [4.78, 5) is 12.1. The van der Waals surface area contributed by atoms with Crippen LogP contribution in [-0.4, -0.2) is 44.7 Å². The zero-order chi connectivity index (χ0) is 18.3. The average molecular weight is 352 g/mol. The summed E-state index contributed by atoms with van der Waals surface area (Å²) in [7, 11) is 0. The van der Waals surface area contributed by atoms with E-state index in [1.807, 2.05) is 6.92 Å². The fraction of sp³-hybridized carbons (Fsp3) is 0.950. The number of carboxylic acid groups (broad SMARTS) is 1. The third-order valence-corrected chi connectivity index (χ3v) is 9.00. The molecule has 2 bridgehead atoms. The van der Waals surface area contributed by atoms with E-state index < -0.39 is 23.1 Å². The lowest BCUT2D eigenvalue weighted by atomic mass is 9.40. The molecule has 4 fully saturated rings. The van der Waals surface area contributed by atoms with E-state index in [2.05, 4.69) is 6.92 Å². The van der Waals surface area contributed by atoms with Gasteiger partial charge in [-0.2, -0.15) is 0 Å². The lowest BCUT2D eigenvalue weighted by Crippen LogP contribution is -2.60. The Bertz CT molecular complexity index is 593. The predicted molar refractivity (Wildman–Crippen MR) is 91.7 cm³/mol. The predicted octanol–water partition coefficient (Wildman–Crippen LogP) is 2.18. The molecule has 4 aliphatic rings. The molecule has 8 atom stereocenters. The molecular weight excluding hydrogens is 320 g/mol. The van der Waals surface area contributed by atoms with E-state index in [0.29, 0.717) is 25.2 Å². The van der Waals surface area contributed by atoms with Gasteiger partial charge in [0.05, 0.1) is 23.7 Å². The van der Waals surface area contributed by atoms with Crippen molar-refractivity contribution >= 4 is 5.97 Å². The molecule has 0 amide bonds. The molecule has 0 aliphatic heterocycles. The number of aliphatic hydroxyl groups excluding tert-OH is 2. The Kier molecular flexibility index (Phi) is 3.69. The van der Waals surface area contributed by atoms with Crippen molar-refractivity contribution in [1.82, 2.24) is 0 Å². The van der Waals surface area contributed by atoms with E-state index >= 15 is 0 Å². The van der Waals surface area contributed by atoms with Crippen LogP contribution >= 0.6 is 0 Å². The van der Waals surface area contributed by atoms with Gasteiger partial charge >= 0.3 is 5.97 Å². The van der Waals surface area contributed by atoms with Crippen molar-refractivity contribution in [1.29, 1.82) is 0 Å². The van der Waals surface area contributed by atoms with Crippen molar-refractivity contribution in [2.75, 3.05) is 6.61 Å². The normalized spacial score (nSPS) is 57.6. The van der Waals surface area contributed by atoms with Crippen LogP contribution in [0.4, 0.5) is 0 Å². The third-order valence-electron chi connectivity index (χ3n) is 9.00. The van der Waals surface area contributed by atoms with Crippen LogP contribution in [0.1, 0.15) is 65.2 Å². The number of aliphatic hydroxyl groups is 3. The Morgan fingerprint density at radius 1 is 1.08 bits per heavy atom. The van der Waals surface area contributed by atoms with E-state index in [0.717, 1.165) is 32.1 Å². The highest BCUT2D eigenvalue weighted by Gasteiger charge is 2.69. The van der Waals surface area contributed by atoms with Gasteiger partial charge in [-0.1, -0.05) is 6.92 Å². The molecule has 4 aliphatic carbocycles. The molecule has 0 radical (unpaired) electrons. The SMILES string of the molecule is C[C@@]12C[C@H](O)C[C@@](C)(C(=O)O)[C@H]1CC[C@@]13C[C@@H](CC[C@H]12)[C@@](O)(CO)C3. The largest absolute Gasteiger partial charge is 0.481 e. The Morgan fingerprint density at radius 3 is 2.44 bits per heavy atom. The second-order valence-corrected chi connectivity index (χ2v) is 10.2. The number of rotatable bonds is 2. The van der Waals surface area contributed by atoms with Crippen LogP contribution in [0.2, 0.25) is 0 Å². The molecule has 0 aromatic heterocycles. The summed E-state index contributed by atoms with van der Waals surface area (Å²) >= 11 is 0. The quantitative estimate of drug-likeness (QED) is 0.611. The third kappa shape index (κ3) is 2.15. The monoisotopic (exact) mass is 352 g/mol. The lowest BCUT2D eigenvalue weighted by Gasteiger charge is -2.64. The van der Waals surface area contributed by atoms with Crippen LogP contribution in [0.25, 0.3) is 0 Å². The summed E-state index contributed by atoms with van der Waals surface area (Å²) in [5.74, 6) is -0.237. The molecule has 25 heavy (non-hydrogen) atoms. The first-order chi connectivity index (χ1) is 11.6. The van der Waals surface area contributed by atoms with Crippen LogP contribution in [0.5, 0.6) is 0 Å². The van der Waals surface area contributed by atoms with E-state index in [1.54, 1.807) is 0 Å². The van der Waals surface area contributed by atoms with Gasteiger partial charge < -0.3 is 20.4 Å². The maximum absolute atomic E-state index is 12.1. The molecule has 4 N–H and O–H groups in total. The molecule has 4 saturated carbocycles. The van der Waals surface area contributed by atoms with Gasteiger partial charge in [0.15, 0.2) is 0 Å². The first kappa shape index (κ1) is 17.7. The van der Waals surface area contributed by atoms with Crippen molar-refractivity contribution in [2.24, 2.45) is 34.0 Å². The van der Waals surface area contributed by atoms with Crippen LogP contribution in [0, 0.1) is 34.0 Å². The first-order valence-electron chi connectivity index (χ1n) is 9.84.